The van der Waals surface area contributed by atoms with E-state index in [1.165, 1.54) is 0 Å². The summed E-state index contributed by atoms with van der Waals surface area (Å²) in [5.74, 6) is 0.778. The molecule has 1 rings (SSSR count). The molecule has 0 fully saturated rings. The maximum atomic E-state index is 11.9. The van der Waals surface area contributed by atoms with Crippen LogP contribution in [-0.2, 0) is 4.79 Å². The number of benzene rings is 1. The summed E-state index contributed by atoms with van der Waals surface area (Å²) in [7, 11) is 1.93. The molecule has 1 aromatic rings. The number of anilines is 1. The van der Waals surface area contributed by atoms with Gasteiger partial charge in [0.1, 0.15) is 5.75 Å². The Morgan fingerprint density at radius 2 is 1.95 bits per heavy atom. The van der Waals surface area contributed by atoms with Crippen molar-refractivity contribution in [2.75, 3.05) is 38.7 Å². The van der Waals surface area contributed by atoms with E-state index in [-0.39, 0.29) is 12.5 Å². The van der Waals surface area contributed by atoms with E-state index in [9.17, 15) is 4.79 Å². The highest BCUT2D eigenvalue weighted by Crippen LogP contribution is 2.15. The van der Waals surface area contributed by atoms with Crippen molar-refractivity contribution in [1.29, 1.82) is 0 Å². The SMILES string of the molecule is CCOc1ccc(NC(=O)CN(C)CCCCCO)cc1. The quantitative estimate of drug-likeness (QED) is 0.649. The molecule has 1 amide bonds. The van der Waals surface area contributed by atoms with Crippen molar-refractivity contribution >= 4 is 11.6 Å². The molecule has 5 nitrogen and oxygen atoms in total. The molecule has 0 aliphatic carbocycles. The fourth-order valence-corrected chi connectivity index (χ4v) is 2.00. The molecule has 5 heteroatoms. The summed E-state index contributed by atoms with van der Waals surface area (Å²) in [6.07, 6.45) is 2.81. The van der Waals surface area contributed by atoms with Gasteiger partial charge < -0.3 is 15.2 Å². The summed E-state index contributed by atoms with van der Waals surface area (Å²) in [6, 6.07) is 7.36. The first kappa shape index (κ1) is 17.5. The number of hydrogen-bond donors (Lipinski definition) is 2. The topological polar surface area (TPSA) is 61.8 Å². The summed E-state index contributed by atoms with van der Waals surface area (Å²) in [4.78, 5) is 13.9. The predicted molar refractivity (Wildman–Crippen MR) is 84.7 cm³/mol. The van der Waals surface area contributed by atoms with Crippen molar-refractivity contribution in [2.45, 2.75) is 26.2 Å². The zero-order valence-corrected chi connectivity index (χ0v) is 13.0. The largest absolute Gasteiger partial charge is 0.494 e. The Hall–Kier alpha value is -1.59. The van der Waals surface area contributed by atoms with Crippen LogP contribution in [0.4, 0.5) is 5.69 Å². The third-order valence-corrected chi connectivity index (χ3v) is 3.06. The molecule has 0 radical (unpaired) electrons. The van der Waals surface area contributed by atoms with Gasteiger partial charge in [0.05, 0.1) is 13.2 Å². The molecule has 2 N–H and O–H groups in total. The van der Waals surface area contributed by atoms with Crippen LogP contribution in [0.1, 0.15) is 26.2 Å². The van der Waals surface area contributed by atoms with Gasteiger partial charge in [-0.3, -0.25) is 9.69 Å². The van der Waals surface area contributed by atoms with E-state index in [4.69, 9.17) is 9.84 Å². The Morgan fingerprint density at radius 1 is 1.24 bits per heavy atom. The van der Waals surface area contributed by atoms with Crippen LogP contribution in [0.3, 0.4) is 0 Å². The van der Waals surface area contributed by atoms with E-state index in [0.29, 0.717) is 13.2 Å². The minimum Gasteiger partial charge on any atom is -0.494 e. The van der Waals surface area contributed by atoms with Crippen molar-refractivity contribution in [3.63, 3.8) is 0 Å². The molecule has 0 saturated heterocycles. The molecule has 0 heterocycles. The normalized spacial score (nSPS) is 10.7. The minimum absolute atomic E-state index is 0.0242. The second-order valence-corrected chi connectivity index (χ2v) is 5.03. The number of aliphatic hydroxyl groups excluding tert-OH is 1. The van der Waals surface area contributed by atoms with Gasteiger partial charge in [0.25, 0.3) is 0 Å². The summed E-state index contributed by atoms with van der Waals surface area (Å²) < 4.78 is 5.36. The number of nitrogens with zero attached hydrogens (tertiary/aromatic N) is 1. The lowest BCUT2D eigenvalue weighted by Gasteiger charge is -2.16. The van der Waals surface area contributed by atoms with E-state index in [1.807, 2.05) is 43.1 Å². The fourth-order valence-electron chi connectivity index (χ4n) is 2.00. The molecular weight excluding hydrogens is 268 g/mol. The van der Waals surface area contributed by atoms with Crippen LogP contribution in [0.5, 0.6) is 5.75 Å². The molecule has 0 unspecified atom stereocenters. The number of carbonyl (C=O) groups excluding carboxylic acids is 1. The van der Waals surface area contributed by atoms with Gasteiger partial charge in [0.2, 0.25) is 5.91 Å². The summed E-state index contributed by atoms with van der Waals surface area (Å²) >= 11 is 0. The predicted octanol–water partition coefficient (Wildman–Crippen LogP) is 2.12. The first-order valence-electron chi connectivity index (χ1n) is 7.47. The average Bonchev–Trinajstić information content (AvgIpc) is 2.46. The minimum atomic E-state index is -0.0242. The van der Waals surface area contributed by atoms with Crippen molar-refractivity contribution in [3.8, 4) is 5.75 Å². The fraction of sp³-hybridized carbons (Fsp3) is 0.562. The second-order valence-electron chi connectivity index (χ2n) is 5.03. The zero-order valence-electron chi connectivity index (χ0n) is 13.0. The molecule has 1 aromatic carbocycles. The monoisotopic (exact) mass is 294 g/mol. The molecule has 0 spiro atoms. The summed E-state index contributed by atoms with van der Waals surface area (Å²) in [6.45, 7) is 4.03. The average molecular weight is 294 g/mol. The van der Waals surface area contributed by atoms with Gasteiger partial charge in [0, 0.05) is 12.3 Å². The number of aliphatic hydroxyl groups is 1. The molecule has 0 saturated carbocycles. The highest BCUT2D eigenvalue weighted by atomic mass is 16.5. The van der Waals surface area contributed by atoms with Crippen LogP contribution in [0.15, 0.2) is 24.3 Å². The van der Waals surface area contributed by atoms with Crippen molar-refractivity contribution in [2.24, 2.45) is 0 Å². The molecule has 118 valence electrons. The first-order valence-corrected chi connectivity index (χ1v) is 7.47. The van der Waals surface area contributed by atoms with Crippen molar-refractivity contribution in [1.82, 2.24) is 4.90 Å². The lowest BCUT2D eigenvalue weighted by atomic mass is 10.2. The Bertz CT molecular complexity index is 406. The third-order valence-electron chi connectivity index (χ3n) is 3.06. The van der Waals surface area contributed by atoms with Gasteiger partial charge >= 0.3 is 0 Å². The van der Waals surface area contributed by atoms with Crippen molar-refractivity contribution < 1.29 is 14.6 Å². The number of unbranched alkanes of at least 4 members (excludes halogenated alkanes) is 2. The molecule has 0 bridgehead atoms. The summed E-state index contributed by atoms with van der Waals surface area (Å²) in [5, 5.41) is 11.6. The van der Waals surface area contributed by atoms with Crippen LogP contribution >= 0.6 is 0 Å². The van der Waals surface area contributed by atoms with E-state index in [2.05, 4.69) is 5.32 Å². The van der Waals surface area contributed by atoms with Gasteiger partial charge in [-0.1, -0.05) is 0 Å². The van der Waals surface area contributed by atoms with Gasteiger partial charge in [0.15, 0.2) is 0 Å². The maximum Gasteiger partial charge on any atom is 0.238 e. The van der Waals surface area contributed by atoms with Gasteiger partial charge in [-0.25, -0.2) is 0 Å². The van der Waals surface area contributed by atoms with E-state index >= 15 is 0 Å². The number of nitrogens with one attached hydrogen (secondary N) is 1. The van der Waals surface area contributed by atoms with Gasteiger partial charge in [-0.15, -0.1) is 0 Å². The number of hydrogen-bond acceptors (Lipinski definition) is 4. The number of likely N-dealkylation sites (N-methyl/N-ethyl adjacent to an activating group) is 1. The maximum absolute atomic E-state index is 11.9. The van der Waals surface area contributed by atoms with Crippen molar-refractivity contribution in [3.05, 3.63) is 24.3 Å². The van der Waals surface area contributed by atoms with E-state index < -0.39 is 0 Å². The van der Waals surface area contributed by atoms with Crippen LogP contribution in [0.2, 0.25) is 0 Å². The van der Waals surface area contributed by atoms with Gasteiger partial charge in [-0.05, 0) is 64.0 Å². The molecule has 0 aliphatic rings. The number of carbonyl (C=O) groups is 1. The molecular formula is C16H26N2O3. The molecule has 0 aromatic heterocycles. The lowest BCUT2D eigenvalue weighted by molar-refractivity contribution is -0.117. The molecule has 0 aliphatic heterocycles. The number of ether oxygens (including phenoxy) is 1. The Morgan fingerprint density at radius 3 is 2.57 bits per heavy atom. The van der Waals surface area contributed by atoms with Crippen LogP contribution in [0, 0.1) is 0 Å². The number of rotatable bonds is 10. The Balaban J connectivity index is 2.28. The van der Waals surface area contributed by atoms with E-state index in [0.717, 1.165) is 37.2 Å². The number of amides is 1. The smallest absolute Gasteiger partial charge is 0.238 e. The zero-order chi connectivity index (χ0) is 15.5. The molecule has 0 atom stereocenters. The van der Waals surface area contributed by atoms with Crippen LogP contribution < -0.4 is 10.1 Å². The Kier molecular flexibility index (Phi) is 8.47. The highest BCUT2D eigenvalue weighted by Gasteiger charge is 2.06. The summed E-state index contributed by atoms with van der Waals surface area (Å²) in [5.41, 5.74) is 0.775. The standard InChI is InChI=1S/C16H26N2O3/c1-3-21-15-9-7-14(8-10-15)17-16(20)13-18(2)11-5-4-6-12-19/h7-10,19H,3-6,11-13H2,1-2H3,(H,17,20). The first-order chi connectivity index (χ1) is 10.2. The van der Waals surface area contributed by atoms with Crippen LogP contribution in [-0.4, -0.2) is 49.3 Å². The highest BCUT2D eigenvalue weighted by molar-refractivity contribution is 5.92. The second kappa shape index (κ2) is 10.2. The van der Waals surface area contributed by atoms with E-state index in [1.54, 1.807) is 0 Å². The Labute approximate surface area is 126 Å². The van der Waals surface area contributed by atoms with Gasteiger partial charge in [-0.2, -0.15) is 0 Å². The van der Waals surface area contributed by atoms with Crippen LogP contribution in [0.25, 0.3) is 0 Å². The third kappa shape index (κ3) is 7.68. The lowest BCUT2D eigenvalue weighted by Crippen LogP contribution is -2.30. The molecule has 21 heavy (non-hydrogen) atoms.